The number of hydrogen-bond acceptors (Lipinski definition) is 3. The predicted molar refractivity (Wildman–Crippen MR) is 74.6 cm³/mol. The molecule has 18 heavy (non-hydrogen) atoms. The van der Waals surface area contributed by atoms with Gasteiger partial charge in [-0.25, -0.2) is 0 Å². The fraction of sp³-hybridized carbons (Fsp3) is 0.500. The molecule has 1 aromatic rings. The Morgan fingerprint density at radius 1 is 1.39 bits per heavy atom. The van der Waals surface area contributed by atoms with Gasteiger partial charge in [-0.15, -0.1) is 0 Å². The van der Waals surface area contributed by atoms with E-state index in [1.807, 2.05) is 18.2 Å². The van der Waals surface area contributed by atoms with E-state index in [9.17, 15) is 4.79 Å². The van der Waals surface area contributed by atoms with E-state index in [1.54, 1.807) is 6.07 Å². The largest absolute Gasteiger partial charge is 0.426 e. The number of esters is 1. The van der Waals surface area contributed by atoms with E-state index in [4.69, 9.17) is 4.74 Å². The molecule has 0 amide bonds. The Morgan fingerprint density at radius 2 is 2.17 bits per heavy atom. The van der Waals surface area contributed by atoms with Gasteiger partial charge < -0.3 is 10.1 Å². The van der Waals surface area contributed by atoms with Crippen molar-refractivity contribution in [3.63, 3.8) is 0 Å². The van der Waals surface area contributed by atoms with Gasteiger partial charge in [0.1, 0.15) is 5.75 Å². The van der Waals surface area contributed by atoms with Gasteiger partial charge in [-0.1, -0.05) is 22.0 Å². The maximum absolute atomic E-state index is 11.7. The van der Waals surface area contributed by atoms with Crippen LogP contribution in [0.3, 0.4) is 0 Å². The summed E-state index contributed by atoms with van der Waals surface area (Å²) >= 11 is 3.36. The van der Waals surface area contributed by atoms with Crippen LogP contribution in [0.1, 0.15) is 25.7 Å². The zero-order valence-electron chi connectivity index (χ0n) is 10.3. The minimum Gasteiger partial charge on any atom is -0.426 e. The van der Waals surface area contributed by atoms with Crippen LogP contribution >= 0.6 is 15.9 Å². The molecule has 1 aliphatic heterocycles. The number of benzene rings is 1. The number of carbonyl (C=O) groups excluding carboxylic acids is 1. The summed E-state index contributed by atoms with van der Waals surface area (Å²) < 4.78 is 6.22. The van der Waals surface area contributed by atoms with E-state index in [2.05, 4.69) is 21.2 Å². The molecule has 0 spiro atoms. The Kier molecular flexibility index (Phi) is 5.20. The summed E-state index contributed by atoms with van der Waals surface area (Å²) in [7, 11) is 0. The van der Waals surface area contributed by atoms with Crippen LogP contribution in [0.2, 0.25) is 0 Å². The highest BCUT2D eigenvalue weighted by atomic mass is 79.9. The average molecular weight is 312 g/mol. The zero-order chi connectivity index (χ0) is 12.8. The third-order valence-electron chi connectivity index (χ3n) is 3.24. The first kappa shape index (κ1) is 13.6. The molecule has 98 valence electrons. The van der Waals surface area contributed by atoms with E-state index in [0.717, 1.165) is 24.0 Å². The van der Waals surface area contributed by atoms with Crippen molar-refractivity contribution >= 4 is 21.9 Å². The number of piperidine rings is 1. The summed E-state index contributed by atoms with van der Waals surface area (Å²) in [5, 5.41) is 3.33. The van der Waals surface area contributed by atoms with Gasteiger partial charge in [0.05, 0.1) is 0 Å². The normalized spacial score (nSPS) is 16.5. The van der Waals surface area contributed by atoms with Crippen molar-refractivity contribution in [2.24, 2.45) is 5.92 Å². The Morgan fingerprint density at radius 3 is 2.89 bits per heavy atom. The Labute approximate surface area is 116 Å². The van der Waals surface area contributed by atoms with E-state index >= 15 is 0 Å². The molecule has 1 N–H and O–H groups in total. The fourth-order valence-electron chi connectivity index (χ4n) is 2.21. The fourth-order valence-corrected chi connectivity index (χ4v) is 2.58. The first-order valence-corrected chi connectivity index (χ1v) is 7.20. The van der Waals surface area contributed by atoms with E-state index < -0.39 is 0 Å². The first-order chi connectivity index (χ1) is 8.74. The molecule has 1 heterocycles. The van der Waals surface area contributed by atoms with Gasteiger partial charge >= 0.3 is 5.97 Å². The third kappa shape index (κ3) is 4.42. The third-order valence-corrected chi connectivity index (χ3v) is 3.74. The van der Waals surface area contributed by atoms with Crippen LogP contribution in [-0.4, -0.2) is 19.1 Å². The number of hydrogen-bond donors (Lipinski definition) is 1. The van der Waals surface area contributed by atoms with Gasteiger partial charge in [0.25, 0.3) is 0 Å². The summed E-state index contributed by atoms with van der Waals surface area (Å²) in [6.07, 6.45) is 3.79. The molecular weight excluding hydrogens is 294 g/mol. The maximum Gasteiger partial charge on any atom is 0.311 e. The van der Waals surface area contributed by atoms with Crippen molar-refractivity contribution < 1.29 is 9.53 Å². The van der Waals surface area contributed by atoms with Crippen LogP contribution in [0, 0.1) is 5.92 Å². The SMILES string of the molecule is O=C(CCC1CCNCC1)Oc1cccc(Br)c1. The summed E-state index contributed by atoms with van der Waals surface area (Å²) in [4.78, 5) is 11.7. The standard InChI is InChI=1S/C14H18BrNO2/c15-12-2-1-3-13(10-12)18-14(17)5-4-11-6-8-16-9-7-11/h1-3,10-11,16H,4-9H2. The molecule has 1 fully saturated rings. The molecule has 0 atom stereocenters. The Hall–Kier alpha value is -0.870. The second-order valence-corrected chi connectivity index (χ2v) is 5.58. The number of halogens is 1. The van der Waals surface area contributed by atoms with Gasteiger partial charge in [0, 0.05) is 10.9 Å². The van der Waals surface area contributed by atoms with Crippen molar-refractivity contribution in [2.75, 3.05) is 13.1 Å². The van der Waals surface area contributed by atoms with Crippen molar-refractivity contribution in [3.05, 3.63) is 28.7 Å². The van der Waals surface area contributed by atoms with E-state index in [1.165, 1.54) is 12.8 Å². The van der Waals surface area contributed by atoms with Gasteiger partial charge in [0.2, 0.25) is 0 Å². The van der Waals surface area contributed by atoms with Crippen LogP contribution in [-0.2, 0) is 4.79 Å². The quantitative estimate of drug-likeness (QED) is 0.686. The van der Waals surface area contributed by atoms with E-state index in [-0.39, 0.29) is 5.97 Å². The smallest absolute Gasteiger partial charge is 0.311 e. The van der Waals surface area contributed by atoms with Crippen molar-refractivity contribution in [1.29, 1.82) is 0 Å². The summed E-state index contributed by atoms with van der Waals surface area (Å²) in [6, 6.07) is 7.38. The molecule has 3 nitrogen and oxygen atoms in total. The van der Waals surface area contributed by atoms with Crippen LogP contribution in [0.4, 0.5) is 0 Å². The first-order valence-electron chi connectivity index (χ1n) is 6.41. The molecule has 0 aliphatic carbocycles. The van der Waals surface area contributed by atoms with Crippen LogP contribution in [0.25, 0.3) is 0 Å². The highest BCUT2D eigenvalue weighted by Gasteiger charge is 2.15. The lowest BCUT2D eigenvalue weighted by atomic mass is 9.93. The molecule has 1 saturated heterocycles. The summed E-state index contributed by atoms with van der Waals surface area (Å²) in [5.41, 5.74) is 0. The lowest BCUT2D eigenvalue weighted by molar-refractivity contribution is -0.134. The molecule has 0 saturated carbocycles. The monoisotopic (exact) mass is 311 g/mol. The predicted octanol–water partition coefficient (Wildman–Crippen LogP) is 3.13. The van der Waals surface area contributed by atoms with Crippen molar-refractivity contribution in [2.45, 2.75) is 25.7 Å². The zero-order valence-corrected chi connectivity index (χ0v) is 11.9. The van der Waals surface area contributed by atoms with Gasteiger partial charge in [-0.05, 0) is 56.5 Å². The van der Waals surface area contributed by atoms with Gasteiger partial charge in [-0.3, -0.25) is 4.79 Å². The van der Waals surface area contributed by atoms with Gasteiger partial charge in [-0.2, -0.15) is 0 Å². The molecule has 0 unspecified atom stereocenters. The second-order valence-electron chi connectivity index (χ2n) is 4.66. The van der Waals surface area contributed by atoms with E-state index in [0.29, 0.717) is 18.1 Å². The van der Waals surface area contributed by atoms with Crippen molar-refractivity contribution in [1.82, 2.24) is 5.32 Å². The van der Waals surface area contributed by atoms with Crippen LogP contribution in [0.5, 0.6) is 5.75 Å². The molecule has 0 radical (unpaired) electrons. The molecule has 2 rings (SSSR count). The number of carbonyl (C=O) groups is 1. The molecule has 4 heteroatoms. The second kappa shape index (κ2) is 6.90. The maximum atomic E-state index is 11.7. The Balaban J connectivity index is 1.74. The minimum atomic E-state index is -0.133. The topological polar surface area (TPSA) is 38.3 Å². The van der Waals surface area contributed by atoms with Crippen molar-refractivity contribution in [3.8, 4) is 5.75 Å². The Bertz CT molecular complexity index is 403. The molecule has 0 bridgehead atoms. The minimum absolute atomic E-state index is 0.133. The summed E-state index contributed by atoms with van der Waals surface area (Å²) in [6.45, 7) is 2.15. The highest BCUT2D eigenvalue weighted by molar-refractivity contribution is 9.10. The summed E-state index contributed by atoms with van der Waals surface area (Å²) in [5.74, 6) is 1.15. The number of rotatable bonds is 4. The van der Waals surface area contributed by atoms with Gasteiger partial charge in [0.15, 0.2) is 0 Å². The van der Waals surface area contributed by atoms with Crippen LogP contribution < -0.4 is 10.1 Å². The average Bonchev–Trinajstić information content (AvgIpc) is 2.38. The molecular formula is C14H18BrNO2. The number of ether oxygens (including phenoxy) is 1. The molecule has 0 aromatic heterocycles. The van der Waals surface area contributed by atoms with Crippen LogP contribution in [0.15, 0.2) is 28.7 Å². The molecule has 1 aliphatic rings. The molecule has 1 aromatic carbocycles. The lowest BCUT2D eigenvalue weighted by Gasteiger charge is -2.21. The lowest BCUT2D eigenvalue weighted by Crippen LogP contribution is -2.28. The number of nitrogens with one attached hydrogen (secondary N) is 1. The highest BCUT2D eigenvalue weighted by Crippen LogP contribution is 2.20.